The summed E-state index contributed by atoms with van der Waals surface area (Å²) < 4.78 is 2.06. The molecule has 2 unspecified atom stereocenters. The van der Waals surface area contributed by atoms with Gasteiger partial charge in [-0.05, 0) is 32.2 Å². The van der Waals surface area contributed by atoms with Gasteiger partial charge in [-0.15, -0.1) is 0 Å². The lowest BCUT2D eigenvalue weighted by Gasteiger charge is -2.25. The summed E-state index contributed by atoms with van der Waals surface area (Å²) in [5.74, 6) is 0.752. The molecule has 1 aliphatic rings. The van der Waals surface area contributed by atoms with Crippen molar-refractivity contribution in [1.82, 2.24) is 14.7 Å². The number of halogens is 2. The molecule has 3 nitrogen and oxygen atoms in total. The van der Waals surface area contributed by atoms with Crippen LogP contribution >= 0.6 is 27.5 Å². The summed E-state index contributed by atoms with van der Waals surface area (Å²) in [5, 5.41) is 6.51. The Hall–Kier alpha value is -0.0600. The third-order valence-electron chi connectivity index (χ3n) is 4.20. The number of alkyl halides is 1. The lowest BCUT2D eigenvalue weighted by atomic mass is 10.1. The first-order chi connectivity index (χ1) is 9.12. The van der Waals surface area contributed by atoms with Gasteiger partial charge in [0.2, 0.25) is 0 Å². The second kappa shape index (κ2) is 6.59. The predicted molar refractivity (Wildman–Crippen MR) is 84.1 cm³/mol. The zero-order valence-corrected chi connectivity index (χ0v) is 14.3. The molecular formula is C14H23BrClN3. The van der Waals surface area contributed by atoms with Crippen LogP contribution in [0.1, 0.15) is 38.6 Å². The van der Waals surface area contributed by atoms with E-state index >= 15 is 0 Å². The van der Waals surface area contributed by atoms with Gasteiger partial charge in [-0.1, -0.05) is 41.4 Å². The summed E-state index contributed by atoms with van der Waals surface area (Å²) in [6.45, 7) is 9.53. The van der Waals surface area contributed by atoms with E-state index in [9.17, 15) is 0 Å². The molecule has 2 heterocycles. The van der Waals surface area contributed by atoms with E-state index in [-0.39, 0.29) is 0 Å². The summed E-state index contributed by atoms with van der Waals surface area (Å²) in [6, 6.07) is 0.612. The van der Waals surface area contributed by atoms with Crippen LogP contribution in [0.5, 0.6) is 0 Å². The van der Waals surface area contributed by atoms with Gasteiger partial charge in [0.15, 0.2) is 0 Å². The molecule has 0 aliphatic carbocycles. The summed E-state index contributed by atoms with van der Waals surface area (Å²) >= 11 is 10.1. The molecule has 0 bridgehead atoms. The SMILES string of the molecule is CCc1nn(CC)c(CN2CCC(C)C2CBr)c1Cl. The largest absolute Gasteiger partial charge is 0.293 e. The number of likely N-dealkylation sites (tertiary alicyclic amines) is 1. The van der Waals surface area contributed by atoms with Gasteiger partial charge in [-0.2, -0.15) is 5.10 Å². The van der Waals surface area contributed by atoms with Crippen LogP contribution in [0.2, 0.25) is 5.02 Å². The van der Waals surface area contributed by atoms with Crippen molar-refractivity contribution in [2.45, 2.75) is 52.7 Å². The maximum atomic E-state index is 6.49. The molecule has 1 aliphatic heterocycles. The van der Waals surface area contributed by atoms with Gasteiger partial charge in [0, 0.05) is 24.5 Å². The molecule has 1 aromatic rings. The fourth-order valence-electron chi connectivity index (χ4n) is 2.89. The minimum Gasteiger partial charge on any atom is -0.293 e. The summed E-state index contributed by atoms with van der Waals surface area (Å²) in [7, 11) is 0. The highest BCUT2D eigenvalue weighted by Gasteiger charge is 2.31. The maximum absolute atomic E-state index is 6.49. The summed E-state index contributed by atoms with van der Waals surface area (Å²) in [6.07, 6.45) is 2.17. The van der Waals surface area contributed by atoms with Gasteiger partial charge < -0.3 is 0 Å². The highest BCUT2D eigenvalue weighted by atomic mass is 79.9. The molecule has 108 valence electrons. The van der Waals surface area contributed by atoms with Crippen LogP contribution in [0, 0.1) is 5.92 Å². The van der Waals surface area contributed by atoms with E-state index in [1.807, 2.05) is 0 Å². The Labute approximate surface area is 129 Å². The van der Waals surface area contributed by atoms with Crippen molar-refractivity contribution in [1.29, 1.82) is 0 Å². The minimum absolute atomic E-state index is 0.612. The van der Waals surface area contributed by atoms with Gasteiger partial charge in [0.25, 0.3) is 0 Å². The number of hydrogen-bond donors (Lipinski definition) is 0. The number of aromatic nitrogens is 2. The third kappa shape index (κ3) is 3.01. The fraction of sp³-hybridized carbons (Fsp3) is 0.786. The van der Waals surface area contributed by atoms with E-state index in [2.05, 4.69) is 51.4 Å². The molecule has 1 saturated heterocycles. The average Bonchev–Trinajstić information content (AvgIpc) is 2.92. The van der Waals surface area contributed by atoms with Crippen LogP contribution in [-0.4, -0.2) is 32.6 Å². The molecule has 1 fully saturated rings. The van der Waals surface area contributed by atoms with E-state index in [1.54, 1.807) is 0 Å². The maximum Gasteiger partial charge on any atom is 0.0863 e. The quantitative estimate of drug-likeness (QED) is 0.756. The topological polar surface area (TPSA) is 21.1 Å². The second-order valence-electron chi connectivity index (χ2n) is 5.33. The Morgan fingerprint density at radius 1 is 1.42 bits per heavy atom. The fourth-order valence-corrected chi connectivity index (χ4v) is 4.27. The molecule has 1 aromatic heterocycles. The Morgan fingerprint density at radius 3 is 2.74 bits per heavy atom. The third-order valence-corrected chi connectivity index (χ3v) is 5.30. The van der Waals surface area contributed by atoms with E-state index in [0.29, 0.717) is 6.04 Å². The van der Waals surface area contributed by atoms with Crippen molar-refractivity contribution in [3.8, 4) is 0 Å². The Morgan fingerprint density at radius 2 is 2.16 bits per heavy atom. The monoisotopic (exact) mass is 347 g/mol. The smallest absolute Gasteiger partial charge is 0.0863 e. The Bertz CT molecular complexity index is 433. The van der Waals surface area contributed by atoms with Crippen molar-refractivity contribution in [2.24, 2.45) is 5.92 Å². The highest BCUT2D eigenvalue weighted by Crippen LogP contribution is 2.30. The van der Waals surface area contributed by atoms with Crippen molar-refractivity contribution >= 4 is 27.5 Å². The molecule has 2 rings (SSSR count). The van der Waals surface area contributed by atoms with Gasteiger partial charge >= 0.3 is 0 Å². The van der Waals surface area contributed by atoms with Gasteiger partial charge in [-0.3, -0.25) is 9.58 Å². The first-order valence-electron chi connectivity index (χ1n) is 7.16. The standard InChI is InChI=1S/C14H23BrClN3/c1-4-11-14(16)13(19(5-2)17-11)9-18-7-6-10(3)12(18)8-15/h10,12H,4-9H2,1-3H3. The zero-order chi connectivity index (χ0) is 14.0. The molecular weight excluding hydrogens is 326 g/mol. The number of aryl methyl sites for hydroxylation is 2. The number of rotatable bonds is 5. The number of nitrogens with zero attached hydrogens (tertiary/aromatic N) is 3. The lowest BCUT2D eigenvalue weighted by Crippen LogP contribution is -2.33. The molecule has 0 spiro atoms. The van der Waals surface area contributed by atoms with Crippen LogP contribution in [0.3, 0.4) is 0 Å². The molecule has 0 saturated carbocycles. The van der Waals surface area contributed by atoms with Crippen molar-refractivity contribution in [2.75, 3.05) is 11.9 Å². The van der Waals surface area contributed by atoms with Crippen molar-refractivity contribution in [3.05, 3.63) is 16.4 Å². The van der Waals surface area contributed by atoms with Crippen LogP contribution < -0.4 is 0 Å². The molecule has 0 radical (unpaired) electrons. The molecule has 2 atom stereocenters. The van der Waals surface area contributed by atoms with Crippen LogP contribution in [0.4, 0.5) is 0 Å². The zero-order valence-electron chi connectivity index (χ0n) is 12.0. The molecule has 5 heteroatoms. The summed E-state index contributed by atoms with van der Waals surface area (Å²) in [4.78, 5) is 2.54. The molecule has 0 amide bonds. The van der Waals surface area contributed by atoms with Crippen molar-refractivity contribution in [3.63, 3.8) is 0 Å². The predicted octanol–water partition coefficient (Wildman–Crippen LogP) is 3.72. The van der Waals surface area contributed by atoms with E-state index < -0.39 is 0 Å². The Kier molecular flexibility index (Phi) is 5.32. The van der Waals surface area contributed by atoms with E-state index in [4.69, 9.17) is 11.6 Å². The van der Waals surface area contributed by atoms with Crippen LogP contribution in [0.25, 0.3) is 0 Å². The van der Waals surface area contributed by atoms with E-state index in [1.165, 1.54) is 12.1 Å². The lowest BCUT2D eigenvalue weighted by molar-refractivity contribution is 0.237. The van der Waals surface area contributed by atoms with Crippen molar-refractivity contribution < 1.29 is 0 Å². The molecule has 0 N–H and O–H groups in total. The van der Waals surface area contributed by atoms with Crippen LogP contribution in [-0.2, 0) is 19.5 Å². The minimum atomic E-state index is 0.612. The van der Waals surface area contributed by atoms with E-state index in [0.717, 1.165) is 48.0 Å². The second-order valence-corrected chi connectivity index (χ2v) is 6.36. The first-order valence-corrected chi connectivity index (χ1v) is 8.66. The normalized spacial score (nSPS) is 24.3. The average molecular weight is 349 g/mol. The first kappa shape index (κ1) is 15.3. The van der Waals surface area contributed by atoms with Gasteiger partial charge in [0.1, 0.15) is 0 Å². The van der Waals surface area contributed by atoms with Gasteiger partial charge in [0.05, 0.1) is 16.4 Å². The number of hydrogen-bond acceptors (Lipinski definition) is 2. The van der Waals surface area contributed by atoms with Crippen LogP contribution in [0.15, 0.2) is 0 Å². The summed E-state index contributed by atoms with van der Waals surface area (Å²) in [5.41, 5.74) is 2.21. The van der Waals surface area contributed by atoms with Gasteiger partial charge in [-0.25, -0.2) is 0 Å². The molecule has 19 heavy (non-hydrogen) atoms. The highest BCUT2D eigenvalue weighted by molar-refractivity contribution is 9.09. The molecule has 0 aromatic carbocycles. The Balaban J connectivity index is 2.21.